The number of nitrogens with one attached hydrogen (secondary N) is 1. The first-order chi connectivity index (χ1) is 9.00. The maximum absolute atomic E-state index is 11.7. The van der Waals surface area contributed by atoms with E-state index in [9.17, 15) is 18.4 Å². The van der Waals surface area contributed by atoms with Gasteiger partial charge in [-0.15, -0.1) is 0 Å². The van der Waals surface area contributed by atoms with Gasteiger partial charge in [0.15, 0.2) is 0 Å². The molecule has 0 aliphatic rings. The summed E-state index contributed by atoms with van der Waals surface area (Å²) in [5.41, 5.74) is 0.108. The fourth-order valence-corrected chi connectivity index (χ4v) is 1.32. The first-order valence-electron chi connectivity index (χ1n) is 5.43. The predicted octanol–water partition coefficient (Wildman–Crippen LogP) is 0.918. The number of carbonyl (C=O) groups excluding carboxylic acids is 1. The summed E-state index contributed by atoms with van der Waals surface area (Å²) in [5.74, 6) is -1.62. The number of hydrogen-bond donors (Lipinski definition) is 2. The van der Waals surface area contributed by atoms with E-state index in [1.54, 1.807) is 0 Å². The molecular formula is C11H13F2NO5. The number of furan rings is 1. The van der Waals surface area contributed by atoms with Gasteiger partial charge in [-0.25, -0.2) is 8.78 Å². The van der Waals surface area contributed by atoms with Crippen LogP contribution in [0.3, 0.4) is 0 Å². The Morgan fingerprint density at radius 1 is 1.47 bits per heavy atom. The maximum Gasteiger partial charge on any atom is 0.311 e. The molecule has 2 N–H and O–H groups in total. The third kappa shape index (κ3) is 5.47. The highest BCUT2D eigenvalue weighted by Crippen LogP contribution is 2.11. The standard InChI is InChI=1S/C11H13F2NO5/c12-9(13)6-18-4-2-14-11(17)7-1-3-19-8(7)5-10(15)16/h1,3,9H,2,4-6H2,(H,14,17)(H,15,16). The van der Waals surface area contributed by atoms with Gasteiger partial charge in [0.25, 0.3) is 12.3 Å². The second-order valence-corrected chi connectivity index (χ2v) is 3.55. The third-order valence-corrected chi connectivity index (χ3v) is 2.08. The second kappa shape index (κ2) is 7.47. The van der Waals surface area contributed by atoms with E-state index in [0.717, 1.165) is 0 Å². The second-order valence-electron chi connectivity index (χ2n) is 3.55. The molecule has 0 saturated carbocycles. The molecule has 6 nitrogen and oxygen atoms in total. The fraction of sp³-hybridized carbons (Fsp3) is 0.455. The first kappa shape index (κ1) is 15.1. The average Bonchev–Trinajstić information content (AvgIpc) is 2.75. The number of amides is 1. The summed E-state index contributed by atoms with van der Waals surface area (Å²) in [6, 6.07) is 1.34. The van der Waals surface area contributed by atoms with E-state index in [-0.39, 0.29) is 24.5 Å². The lowest BCUT2D eigenvalue weighted by molar-refractivity contribution is -0.136. The SMILES string of the molecule is O=C(O)Cc1occc1C(=O)NCCOCC(F)F. The monoisotopic (exact) mass is 277 g/mol. The summed E-state index contributed by atoms with van der Waals surface area (Å²) in [6.45, 7) is -0.697. The van der Waals surface area contributed by atoms with Gasteiger partial charge >= 0.3 is 5.97 Å². The van der Waals surface area contributed by atoms with Crippen molar-refractivity contribution >= 4 is 11.9 Å². The van der Waals surface area contributed by atoms with Crippen LogP contribution in [0.2, 0.25) is 0 Å². The Morgan fingerprint density at radius 2 is 2.21 bits per heavy atom. The molecule has 1 aromatic rings. The summed E-state index contributed by atoms with van der Waals surface area (Å²) >= 11 is 0. The van der Waals surface area contributed by atoms with E-state index in [2.05, 4.69) is 10.1 Å². The average molecular weight is 277 g/mol. The third-order valence-electron chi connectivity index (χ3n) is 2.08. The molecule has 0 radical (unpaired) electrons. The Hall–Kier alpha value is -1.96. The number of hydrogen-bond acceptors (Lipinski definition) is 4. The molecule has 0 spiro atoms. The van der Waals surface area contributed by atoms with Gasteiger partial charge < -0.3 is 19.6 Å². The van der Waals surface area contributed by atoms with Crippen LogP contribution in [0.5, 0.6) is 0 Å². The summed E-state index contributed by atoms with van der Waals surface area (Å²) < 4.78 is 32.9. The maximum atomic E-state index is 11.7. The van der Waals surface area contributed by atoms with E-state index in [0.29, 0.717) is 0 Å². The molecule has 0 aromatic carbocycles. The number of rotatable bonds is 8. The van der Waals surface area contributed by atoms with Crippen LogP contribution in [0.1, 0.15) is 16.1 Å². The molecule has 8 heteroatoms. The molecule has 106 valence electrons. The van der Waals surface area contributed by atoms with Crippen molar-refractivity contribution in [3.8, 4) is 0 Å². The van der Waals surface area contributed by atoms with E-state index in [4.69, 9.17) is 9.52 Å². The van der Waals surface area contributed by atoms with Gasteiger partial charge in [-0.3, -0.25) is 9.59 Å². The number of ether oxygens (including phenoxy) is 1. The highest BCUT2D eigenvalue weighted by Gasteiger charge is 2.16. The summed E-state index contributed by atoms with van der Waals surface area (Å²) in [7, 11) is 0. The predicted molar refractivity (Wildman–Crippen MR) is 59.2 cm³/mol. The number of aliphatic carboxylic acids is 1. The lowest BCUT2D eigenvalue weighted by Crippen LogP contribution is -2.28. The molecule has 0 bridgehead atoms. The Morgan fingerprint density at radius 3 is 2.84 bits per heavy atom. The van der Waals surface area contributed by atoms with Gasteiger partial charge in [-0.1, -0.05) is 0 Å². The van der Waals surface area contributed by atoms with Gasteiger partial charge in [-0.05, 0) is 6.07 Å². The molecule has 0 saturated heterocycles. The van der Waals surface area contributed by atoms with Crippen molar-refractivity contribution in [1.82, 2.24) is 5.32 Å². The number of carbonyl (C=O) groups is 2. The minimum atomic E-state index is -2.55. The van der Waals surface area contributed by atoms with Crippen molar-refractivity contribution < 1.29 is 32.6 Å². The van der Waals surface area contributed by atoms with Crippen LogP contribution in [0.15, 0.2) is 16.7 Å². The Labute approximate surface area is 107 Å². The Kier molecular flexibility index (Phi) is 5.94. The molecule has 0 fully saturated rings. The molecule has 1 heterocycles. The lowest BCUT2D eigenvalue weighted by Gasteiger charge is -2.05. The van der Waals surface area contributed by atoms with Crippen LogP contribution in [0.25, 0.3) is 0 Å². The first-order valence-corrected chi connectivity index (χ1v) is 5.43. The Bertz CT molecular complexity index is 432. The fourth-order valence-electron chi connectivity index (χ4n) is 1.32. The molecule has 1 rings (SSSR count). The molecule has 19 heavy (non-hydrogen) atoms. The van der Waals surface area contributed by atoms with Crippen LogP contribution < -0.4 is 5.32 Å². The smallest absolute Gasteiger partial charge is 0.311 e. The van der Waals surface area contributed by atoms with Crippen molar-refractivity contribution in [2.45, 2.75) is 12.8 Å². The molecule has 1 amide bonds. The van der Waals surface area contributed by atoms with Gasteiger partial charge in [0.1, 0.15) is 18.8 Å². The van der Waals surface area contributed by atoms with E-state index >= 15 is 0 Å². The zero-order valence-corrected chi connectivity index (χ0v) is 9.90. The number of carboxylic acid groups (broad SMARTS) is 1. The summed E-state index contributed by atoms with van der Waals surface area (Å²) in [4.78, 5) is 22.2. The highest BCUT2D eigenvalue weighted by atomic mass is 19.3. The normalized spacial score (nSPS) is 10.7. The molecule has 0 aliphatic carbocycles. The summed E-state index contributed by atoms with van der Waals surface area (Å²) in [5, 5.41) is 11.0. The quantitative estimate of drug-likeness (QED) is 0.690. The van der Waals surface area contributed by atoms with Gasteiger partial charge in [0.2, 0.25) is 0 Å². The zero-order valence-electron chi connectivity index (χ0n) is 9.90. The topological polar surface area (TPSA) is 88.8 Å². The number of halogens is 2. The van der Waals surface area contributed by atoms with E-state index in [1.807, 2.05) is 0 Å². The van der Waals surface area contributed by atoms with Gasteiger partial charge in [-0.2, -0.15) is 0 Å². The molecule has 0 unspecified atom stereocenters. The van der Waals surface area contributed by atoms with E-state index < -0.39 is 31.3 Å². The van der Waals surface area contributed by atoms with Crippen molar-refractivity contribution in [3.63, 3.8) is 0 Å². The van der Waals surface area contributed by atoms with Crippen molar-refractivity contribution in [2.75, 3.05) is 19.8 Å². The zero-order chi connectivity index (χ0) is 14.3. The largest absolute Gasteiger partial charge is 0.481 e. The van der Waals surface area contributed by atoms with Crippen LogP contribution in [-0.2, 0) is 16.0 Å². The van der Waals surface area contributed by atoms with Gasteiger partial charge in [0, 0.05) is 6.54 Å². The molecule has 0 aliphatic heterocycles. The molecular weight excluding hydrogens is 264 g/mol. The lowest BCUT2D eigenvalue weighted by atomic mass is 10.2. The number of alkyl halides is 2. The van der Waals surface area contributed by atoms with Crippen LogP contribution in [0, 0.1) is 0 Å². The van der Waals surface area contributed by atoms with Crippen LogP contribution in [0.4, 0.5) is 8.78 Å². The van der Waals surface area contributed by atoms with Crippen molar-refractivity contribution in [3.05, 3.63) is 23.7 Å². The molecule has 1 aromatic heterocycles. The minimum Gasteiger partial charge on any atom is -0.481 e. The highest BCUT2D eigenvalue weighted by molar-refractivity contribution is 5.95. The van der Waals surface area contributed by atoms with Crippen LogP contribution >= 0.6 is 0 Å². The van der Waals surface area contributed by atoms with Gasteiger partial charge in [0.05, 0.1) is 18.4 Å². The summed E-state index contributed by atoms with van der Waals surface area (Å²) in [6.07, 6.45) is -1.75. The Balaban J connectivity index is 2.37. The molecule has 0 atom stereocenters. The van der Waals surface area contributed by atoms with Crippen molar-refractivity contribution in [1.29, 1.82) is 0 Å². The van der Waals surface area contributed by atoms with E-state index in [1.165, 1.54) is 12.3 Å². The van der Waals surface area contributed by atoms with Crippen LogP contribution in [-0.4, -0.2) is 43.2 Å². The minimum absolute atomic E-state index is 0.0403. The number of carboxylic acids is 1. The van der Waals surface area contributed by atoms with Crippen molar-refractivity contribution in [2.24, 2.45) is 0 Å².